The molecule has 4 rings (SSSR count). The Balaban J connectivity index is 1.63. The Morgan fingerprint density at radius 2 is 2.04 bits per heavy atom. The van der Waals surface area contributed by atoms with Crippen LogP contribution in [0.3, 0.4) is 0 Å². The third kappa shape index (κ3) is 2.16. The van der Waals surface area contributed by atoms with Crippen molar-refractivity contribution in [3.05, 3.63) is 23.0 Å². The molecule has 0 spiro atoms. The molecule has 0 bridgehead atoms. The van der Waals surface area contributed by atoms with Crippen LogP contribution >= 0.6 is 0 Å². The van der Waals surface area contributed by atoms with Crippen molar-refractivity contribution in [2.75, 3.05) is 7.11 Å². The maximum atomic E-state index is 10.7. The van der Waals surface area contributed by atoms with E-state index in [-0.39, 0.29) is 5.41 Å². The summed E-state index contributed by atoms with van der Waals surface area (Å²) in [7, 11) is 1.77. The van der Waals surface area contributed by atoms with E-state index in [9.17, 15) is 10.2 Å². The third-order valence-electron chi connectivity index (χ3n) is 7.60. The van der Waals surface area contributed by atoms with Gasteiger partial charge in [-0.15, -0.1) is 0 Å². The van der Waals surface area contributed by atoms with Gasteiger partial charge in [0, 0.05) is 6.42 Å². The van der Waals surface area contributed by atoms with Crippen molar-refractivity contribution in [1.82, 2.24) is 0 Å². The molecule has 3 nitrogen and oxygen atoms in total. The summed E-state index contributed by atoms with van der Waals surface area (Å²) in [6, 6.07) is 0. The highest BCUT2D eigenvalue weighted by Crippen LogP contribution is 2.63. The molecule has 0 amide bonds. The van der Waals surface area contributed by atoms with Gasteiger partial charge in [0.05, 0.1) is 24.6 Å². The van der Waals surface area contributed by atoms with Crippen LogP contribution in [0, 0.1) is 23.2 Å². The van der Waals surface area contributed by atoms with Gasteiger partial charge in [0.2, 0.25) is 0 Å². The van der Waals surface area contributed by atoms with Crippen LogP contribution in [0.25, 0.3) is 0 Å². The van der Waals surface area contributed by atoms with Gasteiger partial charge >= 0.3 is 0 Å². The molecular weight excluding hydrogens is 288 g/mol. The monoisotopic (exact) mass is 318 g/mol. The average molecular weight is 318 g/mol. The van der Waals surface area contributed by atoms with Gasteiger partial charge in [0.15, 0.2) is 0 Å². The first-order valence-corrected chi connectivity index (χ1v) is 9.21. The van der Waals surface area contributed by atoms with E-state index in [2.05, 4.69) is 13.0 Å². The van der Waals surface area contributed by atoms with Crippen molar-refractivity contribution in [2.24, 2.45) is 23.2 Å². The number of methoxy groups -OCH3 is 1. The summed E-state index contributed by atoms with van der Waals surface area (Å²) in [4.78, 5) is 0. The summed E-state index contributed by atoms with van der Waals surface area (Å²) >= 11 is 0. The van der Waals surface area contributed by atoms with Crippen molar-refractivity contribution < 1.29 is 14.9 Å². The number of aliphatic hydroxyl groups is 2. The van der Waals surface area contributed by atoms with Crippen LogP contribution in [0.1, 0.15) is 58.8 Å². The largest absolute Gasteiger partial charge is 0.501 e. The Morgan fingerprint density at radius 3 is 2.78 bits per heavy atom. The van der Waals surface area contributed by atoms with Crippen molar-refractivity contribution in [1.29, 1.82) is 0 Å². The zero-order valence-electron chi connectivity index (χ0n) is 14.6. The van der Waals surface area contributed by atoms with Gasteiger partial charge in [0.25, 0.3) is 0 Å². The van der Waals surface area contributed by atoms with Crippen LogP contribution in [0.4, 0.5) is 0 Å². The van der Waals surface area contributed by atoms with Gasteiger partial charge in [-0.2, -0.15) is 0 Å². The first-order chi connectivity index (χ1) is 10.9. The summed E-state index contributed by atoms with van der Waals surface area (Å²) in [6.07, 6.45) is 9.06. The summed E-state index contributed by atoms with van der Waals surface area (Å²) in [5.41, 5.74) is 2.24. The molecule has 0 aromatic carbocycles. The zero-order valence-corrected chi connectivity index (χ0v) is 14.6. The van der Waals surface area contributed by atoms with Crippen molar-refractivity contribution >= 4 is 0 Å². The van der Waals surface area contributed by atoms with Crippen molar-refractivity contribution in [2.45, 2.75) is 70.5 Å². The van der Waals surface area contributed by atoms with Gasteiger partial charge in [0.1, 0.15) is 0 Å². The Labute approximate surface area is 139 Å². The van der Waals surface area contributed by atoms with Gasteiger partial charge in [-0.3, -0.25) is 0 Å². The number of hydrogen-bond acceptors (Lipinski definition) is 3. The molecule has 3 heteroatoms. The molecule has 4 aliphatic rings. The van der Waals surface area contributed by atoms with E-state index in [1.54, 1.807) is 18.3 Å². The minimum atomic E-state index is -0.918. The normalized spacial score (nSPS) is 49.2. The molecule has 0 aromatic heterocycles. The van der Waals surface area contributed by atoms with E-state index in [4.69, 9.17) is 4.74 Å². The Kier molecular flexibility index (Phi) is 3.48. The van der Waals surface area contributed by atoms with Gasteiger partial charge in [-0.05, 0) is 74.7 Å². The van der Waals surface area contributed by atoms with Crippen LogP contribution in [0.2, 0.25) is 0 Å². The highest BCUT2D eigenvalue weighted by Gasteiger charge is 2.61. The lowest BCUT2D eigenvalue weighted by molar-refractivity contribution is -0.0922. The maximum absolute atomic E-state index is 10.7. The summed E-state index contributed by atoms with van der Waals surface area (Å²) in [5.74, 6) is 2.87. The second-order valence-corrected chi connectivity index (χ2v) is 8.81. The lowest BCUT2D eigenvalue weighted by atomic mass is 9.54. The molecule has 2 fully saturated rings. The molecule has 6 atom stereocenters. The SMILES string of the molecule is COC1=CCC2=C(CC[C@@H]3[C@@H]2CC[C@@]2(C)[C@H]3C[C@@](C)(O)[C@H]2O)C1. The molecule has 0 aliphatic heterocycles. The molecule has 0 unspecified atom stereocenters. The van der Waals surface area contributed by atoms with E-state index in [0.717, 1.165) is 31.4 Å². The molecule has 4 aliphatic carbocycles. The van der Waals surface area contributed by atoms with Gasteiger partial charge in [-0.1, -0.05) is 18.1 Å². The summed E-state index contributed by atoms with van der Waals surface area (Å²) < 4.78 is 5.46. The smallest absolute Gasteiger partial charge is 0.0959 e. The number of fused-ring (bicyclic) bond motifs is 4. The summed E-state index contributed by atoms with van der Waals surface area (Å²) in [5, 5.41) is 21.4. The first-order valence-electron chi connectivity index (χ1n) is 9.21. The highest BCUT2D eigenvalue weighted by molar-refractivity contribution is 5.33. The number of ether oxygens (including phenoxy) is 1. The molecule has 128 valence electrons. The fourth-order valence-electron chi connectivity index (χ4n) is 6.38. The number of allylic oxidation sites excluding steroid dienone is 3. The van der Waals surface area contributed by atoms with E-state index in [0.29, 0.717) is 17.8 Å². The van der Waals surface area contributed by atoms with E-state index >= 15 is 0 Å². The van der Waals surface area contributed by atoms with E-state index in [1.807, 2.05) is 6.92 Å². The second-order valence-electron chi connectivity index (χ2n) is 8.81. The number of aliphatic hydroxyl groups excluding tert-OH is 1. The van der Waals surface area contributed by atoms with Crippen LogP contribution in [-0.4, -0.2) is 29.0 Å². The fourth-order valence-corrected chi connectivity index (χ4v) is 6.38. The maximum Gasteiger partial charge on any atom is 0.0959 e. The minimum Gasteiger partial charge on any atom is -0.501 e. The zero-order chi connectivity index (χ0) is 16.4. The van der Waals surface area contributed by atoms with Crippen LogP contribution in [0.15, 0.2) is 23.0 Å². The first kappa shape index (κ1) is 15.7. The molecule has 0 radical (unpaired) electrons. The standard InChI is InChI=1S/C20H30O3/c1-19-9-8-15-14-7-5-13(23-3)10-12(14)4-6-16(15)17(19)11-20(2,22)18(19)21/h5,15-18,21-22H,4,6-11H2,1-3H3/t15-,16-,17+,18+,19+,20-/m1/s1. The summed E-state index contributed by atoms with van der Waals surface area (Å²) in [6.45, 7) is 4.05. The average Bonchev–Trinajstić information content (AvgIpc) is 2.73. The van der Waals surface area contributed by atoms with Gasteiger partial charge in [-0.25, -0.2) is 0 Å². The molecule has 2 saturated carbocycles. The third-order valence-corrected chi connectivity index (χ3v) is 7.60. The predicted molar refractivity (Wildman–Crippen MR) is 89.6 cm³/mol. The Morgan fingerprint density at radius 1 is 1.26 bits per heavy atom. The lowest BCUT2D eigenvalue weighted by Crippen LogP contribution is -2.47. The highest BCUT2D eigenvalue weighted by atomic mass is 16.5. The van der Waals surface area contributed by atoms with E-state index < -0.39 is 11.7 Å². The quantitative estimate of drug-likeness (QED) is 0.727. The minimum absolute atomic E-state index is 0.106. The Bertz CT molecular complexity index is 573. The topological polar surface area (TPSA) is 49.7 Å². The van der Waals surface area contributed by atoms with Gasteiger partial charge < -0.3 is 14.9 Å². The number of rotatable bonds is 1. The molecule has 0 aromatic rings. The van der Waals surface area contributed by atoms with E-state index in [1.165, 1.54) is 19.3 Å². The molecule has 0 saturated heterocycles. The molecule has 23 heavy (non-hydrogen) atoms. The van der Waals surface area contributed by atoms with Crippen molar-refractivity contribution in [3.63, 3.8) is 0 Å². The number of hydrogen-bond donors (Lipinski definition) is 2. The van der Waals surface area contributed by atoms with Crippen LogP contribution < -0.4 is 0 Å². The van der Waals surface area contributed by atoms with Crippen LogP contribution in [0.5, 0.6) is 0 Å². The fraction of sp³-hybridized carbons (Fsp3) is 0.800. The Hall–Kier alpha value is -0.800. The van der Waals surface area contributed by atoms with Crippen LogP contribution in [-0.2, 0) is 4.74 Å². The van der Waals surface area contributed by atoms with Crippen molar-refractivity contribution in [3.8, 4) is 0 Å². The second kappa shape index (κ2) is 5.10. The molecule has 0 heterocycles. The lowest BCUT2D eigenvalue weighted by Gasteiger charge is -2.51. The molecule has 2 N–H and O–H groups in total. The molecular formula is C20H30O3. The predicted octanol–water partition coefficient (Wildman–Crippen LogP) is 3.57.